The third-order valence-electron chi connectivity index (χ3n) is 5.61. The quantitative estimate of drug-likeness (QED) is 0.767. The molecule has 2 aromatic rings. The van der Waals surface area contributed by atoms with Crippen LogP contribution in [0.1, 0.15) is 37.2 Å². The molecule has 2 heterocycles. The van der Waals surface area contributed by atoms with E-state index in [-0.39, 0.29) is 23.6 Å². The van der Waals surface area contributed by atoms with E-state index in [1.807, 2.05) is 29.2 Å². The molecule has 152 valence electrons. The Bertz CT molecular complexity index is 978. The van der Waals surface area contributed by atoms with E-state index in [0.29, 0.717) is 25.2 Å². The van der Waals surface area contributed by atoms with E-state index in [0.717, 1.165) is 36.1 Å². The van der Waals surface area contributed by atoms with Crippen molar-refractivity contribution < 1.29 is 13.4 Å². The Labute approximate surface area is 172 Å². The van der Waals surface area contributed by atoms with Crippen molar-refractivity contribution in [3.8, 4) is 11.3 Å². The lowest BCUT2D eigenvalue weighted by molar-refractivity contribution is -0.132. The van der Waals surface area contributed by atoms with Crippen molar-refractivity contribution in [1.82, 2.24) is 9.88 Å². The Morgan fingerprint density at radius 1 is 1.21 bits per heavy atom. The highest BCUT2D eigenvalue weighted by molar-refractivity contribution is 7.83. The van der Waals surface area contributed by atoms with Gasteiger partial charge in [0.15, 0.2) is 0 Å². The van der Waals surface area contributed by atoms with Crippen LogP contribution < -0.4 is 0 Å². The number of pyridine rings is 1. The highest BCUT2D eigenvalue weighted by atomic mass is 32.2. The van der Waals surface area contributed by atoms with Gasteiger partial charge in [-0.1, -0.05) is 24.3 Å². The molecule has 0 spiro atoms. The lowest BCUT2D eigenvalue weighted by Gasteiger charge is -2.20. The Balaban J connectivity index is 1.49. The molecule has 7 heteroatoms. The van der Waals surface area contributed by atoms with Gasteiger partial charge in [0.2, 0.25) is 5.91 Å². The van der Waals surface area contributed by atoms with Gasteiger partial charge in [0.05, 0.1) is 0 Å². The molecule has 3 atom stereocenters. The van der Waals surface area contributed by atoms with Crippen molar-refractivity contribution in [3.63, 3.8) is 0 Å². The summed E-state index contributed by atoms with van der Waals surface area (Å²) in [6.45, 7) is 1.32. The lowest BCUT2D eigenvalue weighted by atomic mass is 9.98. The number of amides is 1. The maximum atomic E-state index is 14.3. The zero-order valence-corrected chi connectivity index (χ0v) is 17.2. The van der Waals surface area contributed by atoms with Crippen molar-refractivity contribution in [2.24, 2.45) is 10.3 Å². The van der Waals surface area contributed by atoms with E-state index in [2.05, 4.69) is 9.38 Å². The van der Waals surface area contributed by atoms with Crippen LogP contribution in [0.25, 0.3) is 11.3 Å². The topological polar surface area (TPSA) is 62.6 Å². The van der Waals surface area contributed by atoms with Gasteiger partial charge in [-0.15, -0.1) is 0 Å². The number of likely N-dealkylation sites (tertiary alicyclic amines) is 1. The maximum Gasteiger partial charge on any atom is 0.226 e. The summed E-state index contributed by atoms with van der Waals surface area (Å²) in [6.07, 6.45) is 6.25. The Hall–Kier alpha value is -2.41. The summed E-state index contributed by atoms with van der Waals surface area (Å²) in [4.78, 5) is 19.2. The van der Waals surface area contributed by atoms with Gasteiger partial charge < -0.3 is 4.90 Å². The fourth-order valence-corrected chi connectivity index (χ4v) is 4.68. The molecule has 1 aliphatic carbocycles. The minimum Gasteiger partial charge on any atom is -0.342 e. The number of hydrogen-bond acceptors (Lipinski definition) is 3. The van der Waals surface area contributed by atoms with Gasteiger partial charge in [0.25, 0.3) is 0 Å². The molecule has 5 nitrogen and oxygen atoms in total. The molecular formula is C22H24FN3O2S. The molecular weight excluding hydrogens is 389 g/mol. The number of rotatable bonds is 4. The number of halogens is 1. The molecule has 1 amide bonds. The van der Waals surface area contributed by atoms with Crippen molar-refractivity contribution in [2.45, 2.75) is 31.6 Å². The van der Waals surface area contributed by atoms with Gasteiger partial charge in [-0.05, 0) is 42.9 Å². The average molecular weight is 414 g/mol. The van der Waals surface area contributed by atoms with Crippen LogP contribution in [0.5, 0.6) is 0 Å². The molecule has 0 bridgehead atoms. The SMILES string of the molecule is CS(=O)/N=C1\CCCN(C(=O)C2CC2c2ccccc2-c2ncccc2F)CC1. The zero-order chi connectivity index (χ0) is 20.4. The highest BCUT2D eigenvalue weighted by Gasteiger charge is 2.46. The zero-order valence-electron chi connectivity index (χ0n) is 16.4. The van der Waals surface area contributed by atoms with Crippen molar-refractivity contribution >= 4 is 22.6 Å². The van der Waals surface area contributed by atoms with Crippen LogP contribution in [0.4, 0.5) is 4.39 Å². The summed E-state index contributed by atoms with van der Waals surface area (Å²) in [7, 11) is -1.19. The molecule has 1 saturated carbocycles. The minimum absolute atomic E-state index is 0.0679. The van der Waals surface area contributed by atoms with Crippen molar-refractivity contribution in [1.29, 1.82) is 0 Å². The molecule has 2 fully saturated rings. The van der Waals surface area contributed by atoms with E-state index in [1.165, 1.54) is 6.07 Å². The molecule has 1 aliphatic heterocycles. The fourth-order valence-electron chi connectivity index (χ4n) is 4.13. The second-order valence-electron chi connectivity index (χ2n) is 7.63. The summed E-state index contributed by atoms with van der Waals surface area (Å²) in [5.41, 5.74) is 3.03. The normalized spacial score (nSPS) is 24.2. The Morgan fingerprint density at radius 3 is 2.83 bits per heavy atom. The number of nitrogens with zero attached hydrogens (tertiary/aromatic N) is 3. The number of aromatic nitrogens is 1. The van der Waals surface area contributed by atoms with Crippen LogP contribution in [0.3, 0.4) is 0 Å². The summed E-state index contributed by atoms with van der Waals surface area (Å²) >= 11 is 0. The third-order valence-corrected chi connectivity index (χ3v) is 6.13. The largest absolute Gasteiger partial charge is 0.342 e. The van der Waals surface area contributed by atoms with Crippen LogP contribution in [0.2, 0.25) is 0 Å². The maximum absolute atomic E-state index is 14.3. The van der Waals surface area contributed by atoms with Crippen LogP contribution in [0, 0.1) is 11.7 Å². The smallest absolute Gasteiger partial charge is 0.226 e. The van der Waals surface area contributed by atoms with E-state index in [1.54, 1.807) is 18.5 Å². The molecule has 29 heavy (non-hydrogen) atoms. The number of hydrogen-bond donors (Lipinski definition) is 0. The molecule has 1 saturated heterocycles. The molecule has 3 unspecified atom stereocenters. The summed E-state index contributed by atoms with van der Waals surface area (Å²) < 4.78 is 29.8. The van der Waals surface area contributed by atoms with E-state index in [9.17, 15) is 13.4 Å². The Morgan fingerprint density at radius 2 is 2.03 bits per heavy atom. The molecule has 4 rings (SSSR count). The lowest BCUT2D eigenvalue weighted by Crippen LogP contribution is -2.33. The highest BCUT2D eigenvalue weighted by Crippen LogP contribution is 2.51. The van der Waals surface area contributed by atoms with Gasteiger partial charge in [0, 0.05) is 49.2 Å². The molecule has 2 aliphatic rings. The summed E-state index contributed by atoms with van der Waals surface area (Å²) in [5.74, 6) is -0.164. The molecule has 0 N–H and O–H groups in total. The first-order valence-electron chi connectivity index (χ1n) is 9.93. The first-order chi connectivity index (χ1) is 14.0. The van der Waals surface area contributed by atoms with Crippen LogP contribution in [0.15, 0.2) is 47.0 Å². The van der Waals surface area contributed by atoms with Gasteiger partial charge in [-0.2, -0.15) is 4.40 Å². The summed E-state index contributed by atoms with van der Waals surface area (Å²) in [5, 5.41) is 0. The van der Waals surface area contributed by atoms with Crippen molar-refractivity contribution in [3.05, 3.63) is 54.0 Å². The average Bonchev–Trinajstić information content (AvgIpc) is 3.52. The Kier molecular flexibility index (Phi) is 5.85. The number of carbonyl (C=O) groups is 1. The second-order valence-corrected chi connectivity index (χ2v) is 8.66. The van der Waals surface area contributed by atoms with Gasteiger partial charge in [-0.3, -0.25) is 9.78 Å². The first-order valence-corrected chi connectivity index (χ1v) is 11.4. The minimum atomic E-state index is -1.19. The number of benzene rings is 1. The van der Waals surface area contributed by atoms with E-state index in [4.69, 9.17) is 0 Å². The third kappa shape index (κ3) is 4.45. The summed E-state index contributed by atoms with van der Waals surface area (Å²) in [6, 6.07) is 10.6. The van der Waals surface area contributed by atoms with Crippen LogP contribution in [-0.4, -0.2) is 45.1 Å². The first kappa shape index (κ1) is 19.9. The van der Waals surface area contributed by atoms with Crippen molar-refractivity contribution in [2.75, 3.05) is 19.3 Å². The van der Waals surface area contributed by atoms with Gasteiger partial charge in [0.1, 0.15) is 22.5 Å². The van der Waals surface area contributed by atoms with Crippen LogP contribution in [-0.2, 0) is 15.8 Å². The predicted molar refractivity (Wildman–Crippen MR) is 112 cm³/mol. The second kappa shape index (κ2) is 8.53. The molecule has 0 radical (unpaired) electrons. The van der Waals surface area contributed by atoms with Gasteiger partial charge >= 0.3 is 0 Å². The fraction of sp³-hybridized carbons (Fsp3) is 0.409. The van der Waals surface area contributed by atoms with Crippen LogP contribution >= 0.6 is 0 Å². The van der Waals surface area contributed by atoms with E-state index < -0.39 is 11.0 Å². The molecule has 1 aromatic carbocycles. The predicted octanol–water partition coefficient (Wildman–Crippen LogP) is 3.74. The molecule has 1 aromatic heterocycles. The number of carbonyl (C=O) groups excluding carboxylic acids is 1. The van der Waals surface area contributed by atoms with Gasteiger partial charge in [-0.25, -0.2) is 8.60 Å². The van der Waals surface area contributed by atoms with E-state index >= 15 is 0 Å². The monoisotopic (exact) mass is 413 g/mol. The standard InChI is InChI=1S/C22H24FN3O2S/c1-29(28)25-15-6-5-12-26(13-10-15)22(27)19-14-18(19)16-7-2-3-8-17(16)21-20(23)9-4-11-24-21/h2-4,7-9,11,18-19H,5-6,10,12-14H2,1H3/b25-15+.